The van der Waals surface area contributed by atoms with Gasteiger partial charge in [0.05, 0.1) is 12.8 Å². The minimum atomic E-state index is -0.302. The first-order valence-corrected chi connectivity index (χ1v) is 6.57. The smallest absolute Gasteiger partial charge is 0.258 e. The second kappa shape index (κ2) is 6.97. The fraction of sp³-hybridized carbons (Fsp3) is 0.467. The fourth-order valence-electron chi connectivity index (χ4n) is 1.67. The van der Waals surface area contributed by atoms with E-state index in [2.05, 4.69) is 10.5 Å². The van der Waals surface area contributed by atoms with Gasteiger partial charge in [0.25, 0.3) is 5.91 Å². The fourth-order valence-corrected chi connectivity index (χ4v) is 1.67. The summed E-state index contributed by atoms with van der Waals surface area (Å²) in [6.07, 6.45) is 0. The first-order chi connectivity index (χ1) is 9.76. The van der Waals surface area contributed by atoms with Gasteiger partial charge in [-0.25, -0.2) is 0 Å². The summed E-state index contributed by atoms with van der Waals surface area (Å²) < 4.78 is 10.7. The molecule has 1 aromatic rings. The molecule has 0 aliphatic heterocycles. The van der Waals surface area contributed by atoms with E-state index < -0.39 is 0 Å². The second-order valence-corrected chi connectivity index (χ2v) is 5.64. The van der Waals surface area contributed by atoms with E-state index in [1.807, 2.05) is 20.8 Å². The van der Waals surface area contributed by atoms with Crippen molar-refractivity contribution in [2.75, 3.05) is 13.7 Å². The molecule has 1 rings (SSSR count). The highest BCUT2D eigenvalue weighted by Gasteiger charge is 2.15. The molecule has 0 spiro atoms. The number of rotatable bonds is 5. The maximum absolute atomic E-state index is 11.7. The predicted molar refractivity (Wildman–Crippen MR) is 80.4 cm³/mol. The first-order valence-electron chi connectivity index (χ1n) is 6.57. The summed E-state index contributed by atoms with van der Waals surface area (Å²) in [5, 5.41) is 14.7. The Bertz CT molecular complexity index is 533. The third kappa shape index (κ3) is 5.33. The van der Waals surface area contributed by atoms with E-state index in [0.717, 1.165) is 0 Å². The van der Waals surface area contributed by atoms with Gasteiger partial charge in [0, 0.05) is 11.1 Å². The summed E-state index contributed by atoms with van der Waals surface area (Å²) in [7, 11) is 1.51. The molecule has 0 saturated heterocycles. The van der Waals surface area contributed by atoms with Crippen LogP contribution >= 0.6 is 0 Å². The zero-order valence-electron chi connectivity index (χ0n) is 13.1. The lowest BCUT2D eigenvalue weighted by Crippen LogP contribution is -2.43. The van der Waals surface area contributed by atoms with Gasteiger partial charge in [-0.05, 0) is 45.9 Å². The van der Waals surface area contributed by atoms with Crippen molar-refractivity contribution in [1.29, 1.82) is 0 Å². The Labute approximate surface area is 124 Å². The zero-order valence-corrected chi connectivity index (χ0v) is 13.1. The average Bonchev–Trinajstić information content (AvgIpc) is 2.42. The molecule has 0 radical (unpaired) electrons. The molecule has 1 amide bonds. The minimum Gasteiger partial charge on any atom is -0.493 e. The van der Waals surface area contributed by atoms with Gasteiger partial charge in [-0.3, -0.25) is 4.79 Å². The van der Waals surface area contributed by atoms with E-state index in [-0.39, 0.29) is 18.1 Å². The Morgan fingerprint density at radius 1 is 1.33 bits per heavy atom. The molecule has 1 aromatic carbocycles. The monoisotopic (exact) mass is 294 g/mol. The standard InChI is InChI=1S/C15H22N2O4/c1-10(17-19)11-6-7-12(13(8-11)20-5)21-9-14(18)16-15(2,3)4/h6-8,19H,9H2,1-5H3,(H,16,18)/b17-10+. The summed E-state index contributed by atoms with van der Waals surface area (Å²) in [5.41, 5.74) is 0.870. The van der Waals surface area contributed by atoms with Crippen molar-refractivity contribution in [3.63, 3.8) is 0 Å². The molecule has 116 valence electrons. The van der Waals surface area contributed by atoms with Gasteiger partial charge >= 0.3 is 0 Å². The van der Waals surface area contributed by atoms with Crippen LogP contribution in [0.1, 0.15) is 33.3 Å². The molecular formula is C15H22N2O4. The van der Waals surface area contributed by atoms with Crippen LogP contribution < -0.4 is 14.8 Å². The van der Waals surface area contributed by atoms with E-state index >= 15 is 0 Å². The summed E-state index contributed by atoms with van der Waals surface area (Å²) >= 11 is 0. The average molecular weight is 294 g/mol. The van der Waals surface area contributed by atoms with Gasteiger partial charge in [0.15, 0.2) is 18.1 Å². The van der Waals surface area contributed by atoms with Gasteiger partial charge in [0.2, 0.25) is 0 Å². The van der Waals surface area contributed by atoms with Crippen molar-refractivity contribution in [3.8, 4) is 11.5 Å². The highest BCUT2D eigenvalue weighted by Crippen LogP contribution is 2.28. The van der Waals surface area contributed by atoms with Crippen LogP contribution in [0.3, 0.4) is 0 Å². The molecule has 0 aliphatic carbocycles. The maximum atomic E-state index is 11.7. The third-order valence-corrected chi connectivity index (χ3v) is 2.60. The largest absolute Gasteiger partial charge is 0.493 e. The summed E-state index contributed by atoms with van der Waals surface area (Å²) in [4.78, 5) is 11.7. The lowest BCUT2D eigenvalue weighted by Gasteiger charge is -2.20. The molecule has 21 heavy (non-hydrogen) atoms. The molecule has 6 nitrogen and oxygen atoms in total. The molecule has 0 bridgehead atoms. The summed E-state index contributed by atoms with van der Waals surface area (Å²) in [5.74, 6) is 0.719. The van der Waals surface area contributed by atoms with Crippen LogP contribution in [0.25, 0.3) is 0 Å². The topological polar surface area (TPSA) is 80.2 Å². The normalized spacial score (nSPS) is 12.0. The molecule has 0 fully saturated rings. The Kier molecular flexibility index (Phi) is 5.58. The van der Waals surface area contributed by atoms with E-state index in [9.17, 15) is 4.79 Å². The van der Waals surface area contributed by atoms with Crippen molar-refractivity contribution in [2.45, 2.75) is 33.2 Å². The van der Waals surface area contributed by atoms with Crippen LogP contribution in [-0.2, 0) is 4.79 Å². The van der Waals surface area contributed by atoms with Crippen LogP contribution in [0, 0.1) is 0 Å². The number of nitrogens with zero attached hydrogens (tertiary/aromatic N) is 1. The highest BCUT2D eigenvalue weighted by atomic mass is 16.5. The maximum Gasteiger partial charge on any atom is 0.258 e. The quantitative estimate of drug-likeness (QED) is 0.495. The van der Waals surface area contributed by atoms with E-state index in [1.54, 1.807) is 25.1 Å². The highest BCUT2D eigenvalue weighted by molar-refractivity contribution is 5.98. The van der Waals surface area contributed by atoms with Crippen LogP contribution in [0.15, 0.2) is 23.4 Å². The van der Waals surface area contributed by atoms with Crippen LogP contribution in [0.2, 0.25) is 0 Å². The molecular weight excluding hydrogens is 272 g/mol. The molecule has 2 N–H and O–H groups in total. The lowest BCUT2D eigenvalue weighted by molar-refractivity contribution is -0.124. The SMILES string of the molecule is COc1cc(/C(C)=N/O)ccc1OCC(=O)NC(C)(C)C. The molecule has 0 aliphatic rings. The molecule has 0 unspecified atom stereocenters. The Morgan fingerprint density at radius 3 is 2.52 bits per heavy atom. The van der Waals surface area contributed by atoms with Gasteiger partial charge < -0.3 is 20.0 Å². The molecule has 0 aromatic heterocycles. The number of ether oxygens (including phenoxy) is 2. The number of carbonyl (C=O) groups excluding carboxylic acids is 1. The number of hydrogen-bond acceptors (Lipinski definition) is 5. The number of hydrogen-bond donors (Lipinski definition) is 2. The first kappa shape index (κ1) is 16.8. The van der Waals surface area contributed by atoms with Crippen LogP contribution in [0.4, 0.5) is 0 Å². The van der Waals surface area contributed by atoms with Crippen molar-refractivity contribution < 1.29 is 19.5 Å². The number of methoxy groups -OCH3 is 1. The van der Waals surface area contributed by atoms with Gasteiger partial charge in [0.1, 0.15) is 0 Å². The van der Waals surface area contributed by atoms with E-state index in [0.29, 0.717) is 22.8 Å². The zero-order chi connectivity index (χ0) is 16.0. The molecule has 0 atom stereocenters. The Hall–Kier alpha value is -2.24. The summed E-state index contributed by atoms with van der Waals surface area (Å²) in [6, 6.07) is 5.09. The minimum absolute atomic E-state index is 0.0972. The van der Waals surface area contributed by atoms with Crippen molar-refractivity contribution in [1.82, 2.24) is 5.32 Å². The van der Waals surface area contributed by atoms with Crippen LogP contribution in [-0.4, -0.2) is 36.1 Å². The van der Waals surface area contributed by atoms with Gasteiger partial charge in [-0.15, -0.1) is 0 Å². The number of oxime groups is 1. The van der Waals surface area contributed by atoms with E-state index in [4.69, 9.17) is 14.7 Å². The second-order valence-electron chi connectivity index (χ2n) is 5.64. The molecule has 0 saturated carbocycles. The van der Waals surface area contributed by atoms with Crippen molar-refractivity contribution in [3.05, 3.63) is 23.8 Å². The Morgan fingerprint density at radius 2 is 2.00 bits per heavy atom. The number of benzene rings is 1. The lowest BCUT2D eigenvalue weighted by atomic mass is 10.1. The van der Waals surface area contributed by atoms with E-state index in [1.165, 1.54) is 7.11 Å². The number of nitrogens with one attached hydrogen (secondary N) is 1. The molecule has 6 heteroatoms. The Balaban J connectivity index is 2.78. The van der Waals surface area contributed by atoms with Crippen molar-refractivity contribution in [2.24, 2.45) is 5.16 Å². The number of amides is 1. The summed E-state index contributed by atoms with van der Waals surface area (Å²) in [6.45, 7) is 7.28. The van der Waals surface area contributed by atoms with Gasteiger partial charge in [-0.1, -0.05) is 5.16 Å². The van der Waals surface area contributed by atoms with Gasteiger partial charge in [-0.2, -0.15) is 0 Å². The molecule has 0 heterocycles. The number of carbonyl (C=O) groups is 1. The third-order valence-electron chi connectivity index (χ3n) is 2.60. The van der Waals surface area contributed by atoms with Crippen LogP contribution in [0.5, 0.6) is 11.5 Å². The van der Waals surface area contributed by atoms with Crippen molar-refractivity contribution >= 4 is 11.6 Å². The predicted octanol–water partition coefficient (Wildman–Crippen LogP) is 2.19.